The Morgan fingerprint density at radius 1 is 1.14 bits per heavy atom. The molecule has 4 aromatic rings. The van der Waals surface area contributed by atoms with E-state index in [-0.39, 0.29) is 18.3 Å². The van der Waals surface area contributed by atoms with Gasteiger partial charge in [-0.15, -0.1) is 0 Å². The van der Waals surface area contributed by atoms with Crippen molar-refractivity contribution in [2.24, 2.45) is 0 Å². The minimum atomic E-state index is -1.02. The van der Waals surface area contributed by atoms with E-state index >= 15 is 0 Å². The van der Waals surface area contributed by atoms with Gasteiger partial charge in [0.2, 0.25) is 0 Å². The monoisotopic (exact) mass is 477 g/mol. The smallest absolute Gasteiger partial charge is 0.251 e. The number of aryl methyl sites for hydroxylation is 2. The van der Waals surface area contributed by atoms with Crippen LogP contribution in [0.1, 0.15) is 27.3 Å². The highest BCUT2D eigenvalue weighted by Gasteiger charge is 2.16. The molecule has 0 spiro atoms. The first-order chi connectivity index (χ1) is 17.0. The Morgan fingerprint density at radius 2 is 1.97 bits per heavy atom. The van der Waals surface area contributed by atoms with Gasteiger partial charge in [-0.05, 0) is 53.9 Å². The third kappa shape index (κ3) is 5.85. The standard InChI is InChI=1S/C27H28FN3O4/c1-35-22-7-4-5-18(13-22)14-26-30-24-15-20(27(34)29-16-21(33)17-32)9-10-25(24)31(26)12-11-19-6-2-3-8-23(19)28/h2-10,13,15,21,32-33H,11-12,14,16-17H2,1H3,(H,29,34). The summed E-state index contributed by atoms with van der Waals surface area (Å²) >= 11 is 0. The van der Waals surface area contributed by atoms with Crippen LogP contribution in [0.25, 0.3) is 11.0 Å². The first-order valence-electron chi connectivity index (χ1n) is 11.4. The SMILES string of the molecule is COc1cccc(Cc2nc3cc(C(=O)NCC(O)CO)ccc3n2CCc2ccccc2F)c1. The quantitative estimate of drug-likeness (QED) is 0.326. The normalized spacial score (nSPS) is 12.0. The Morgan fingerprint density at radius 3 is 2.74 bits per heavy atom. The number of nitrogens with zero attached hydrogens (tertiary/aromatic N) is 2. The average Bonchev–Trinajstić information content (AvgIpc) is 3.22. The third-order valence-electron chi connectivity index (χ3n) is 5.86. The van der Waals surface area contributed by atoms with Crippen LogP contribution in [0.4, 0.5) is 4.39 Å². The predicted octanol–water partition coefficient (Wildman–Crippen LogP) is 3.10. The van der Waals surface area contributed by atoms with E-state index in [0.29, 0.717) is 36.0 Å². The molecule has 1 heterocycles. The number of halogens is 1. The first kappa shape index (κ1) is 24.4. The zero-order chi connectivity index (χ0) is 24.8. The van der Waals surface area contributed by atoms with E-state index in [9.17, 15) is 14.3 Å². The van der Waals surface area contributed by atoms with Gasteiger partial charge in [-0.2, -0.15) is 0 Å². The van der Waals surface area contributed by atoms with E-state index in [1.54, 1.807) is 31.4 Å². The number of ether oxygens (including phenoxy) is 1. The fourth-order valence-corrected chi connectivity index (χ4v) is 3.98. The molecule has 1 amide bonds. The lowest BCUT2D eigenvalue weighted by Crippen LogP contribution is -2.33. The molecular formula is C27H28FN3O4. The van der Waals surface area contributed by atoms with E-state index in [2.05, 4.69) is 9.88 Å². The van der Waals surface area contributed by atoms with Gasteiger partial charge < -0.3 is 24.8 Å². The molecule has 7 nitrogen and oxygen atoms in total. The van der Waals surface area contributed by atoms with Crippen molar-refractivity contribution in [1.82, 2.24) is 14.9 Å². The second-order valence-corrected chi connectivity index (χ2v) is 8.30. The number of amides is 1. The van der Waals surface area contributed by atoms with Crippen LogP contribution < -0.4 is 10.1 Å². The maximum atomic E-state index is 14.2. The summed E-state index contributed by atoms with van der Waals surface area (Å²) in [5.74, 6) is 0.934. The Labute approximate surface area is 202 Å². The van der Waals surface area contributed by atoms with Crippen LogP contribution in [0.3, 0.4) is 0 Å². The summed E-state index contributed by atoms with van der Waals surface area (Å²) in [6, 6.07) is 19.7. The highest BCUT2D eigenvalue weighted by molar-refractivity contribution is 5.97. The molecule has 0 saturated heterocycles. The molecule has 8 heteroatoms. The number of aromatic nitrogens is 2. The number of hydrogen-bond acceptors (Lipinski definition) is 5. The molecule has 0 saturated carbocycles. The zero-order valence-electron chi connectivity index (χ0n) is 19.4. The van der Waals surface area contributed by atoms with Gasteiger partial charge in [0.15, 0.2) is 0 Å². The second kappa shape index (κ2) is 11.1. The van der Waals surface area contributed by atoms with Gasteiger partial charge in [0, 0.05) is 25.1 Å². The van der Waals surface area contributed by atoms with Gasteiger partial charge in [-0.1, -0.05) is 30.3 Å². The van der Waals surface area contributed by atoms with E-state index in [4.69, 9.17) is 14.8 Å². The molecule has 3 N–H and O–H groups in total. The topological polar surface area (TPSA) is 96.6 Å². The highest BCUT2D eigenvalue weighted by Crippen LogP contribution is 2.23. The summed E-state index contributed by atoms with van der Waals surface area (Å²) in [5, 5.41) is 21.1. The van der Waals surface area contributed by atoms with Gasteiger partial charge in [0.25, 0.3) is 5.91 Å². The lowest BCUT2D eigenvalue weighted by molar-refractivity contribution is 0.0802. The van der Waals surface area contributed by atoms with Crippen LogP contribution >= 0.6 is 0 Å². The molecule has 0 aliphatic carbocycles. The number of rotatable bonds is 10. The van der Waals surface area contributed by atoms with E-state index in [1.807, 2.05) is 36.4 Å². The molecule has 0 radical (unpaired) electrons. The summed E-state index contributed by atoms with van der Waals surface area (Å²) in [6.07, 6.45) is 0.00694. The van der Waals surface area contributed by atoms with Gasteiger partial charge in [0.1, 0.15) is 17.4 Å². The third-order valence-corrected chi connectivity index (χ3v) is 5.86. The van der Waals surface area contributed by atoms with Crippen molar-refractivity contribution in [2.45, 2.75) is 25.5 Å². The molecule has 1 unspecified atom stereocenters. The fourth-order valence-electron chi connectivity index (χ4n) is 3.98. The van der Waals surface area contributed by atoms with Crippen molar-refractivity contribution >= 4 is 16.9 Å². The van der Waals surface area contributed by atoms with Gasteiger partial charge in [0.05, 0.1) is 30.9 Å². The van der Waals surface area contributed by atoms with Crippen LogP contribution in [0.2, 0.25) is 0 Å². The van der Waals surface area contributed by atoms with Crippen LogP contribution in [0, 0.1) is 5.82 Å². The number of imidazole rings is 1. The summed E-state index contributed by atoms with van der Waals surface area (Å²) in [6.45, 7) is 0.0376. The molecule has 0 fully saturated rings. The fraction of sp³-hybridized carbons (Fsp3) is 0.259. The Balaban J connectivity index is 1.66. The van der Waals surface area contributed by atoms with Gasteiger partial charge in [-0.3, -0.25) is 4.79 Å². The highest BCUT2D eigenvalue weighted by atomic mass is 19.1. The lowest BCUT2D eigenvalue weighted by Gasteiger charge is -2.11. The minimum Gasteiger partial charge on any atom is -0.497 e. The molecule has 0 aliphatic heterocycles. The molecule has 0 bridgehead atoms. The number of nitrogens with one attached hydrogen (secondary N) is 1. The first-order valence-corrected chi connectivity index (χ1v) is 11.4. The molecule has 4 rings (SSSR count). The number of fused-ring (bicyclic) bond motifs is 1. The van der Waals surface area contributed by atoms with Crippen molar-refractivity contribution in [3.8, 4) is 5.75 Å². The maximum Gasteiger partial charge on any atom is 0.251 e. The van der Waals surface area contributed by atoms with E-state index in [0.717, 1.165) is 22.7 Å². The number of carbonyl (C=O) groups excluding carboxylic acids is 1. The Bertz CT molecular complexity index is 1320. The Kier molecular flexibility index (Phi) is 7.74. The summed E-state index contributed by atoms with van der Waals surface area (Å²) in [5.41, 5.74) is 3.52. The second-order valence-electron chi connectivity index (χ2n) is 8.30. The zero-order valence-corrected chi connectivity index (χ0v) is 19.4. The van der Waals surface area contributed by atoms with Crippen molar-refractivity contribution in [3.05, 3.63) is 95.1 Å². The summed E-state index contributed by atoms with van der Waals surface area (Å²) < 4.78 is 21.6. The van der Waals surface area contributed by atoms with Crippen molar-refractivity contribution in [3.63, 3.8) is 0 Å². The van der Waals surface area contributed by atoms with Crippen LogP contribution in [0.15, 0.2) is 66.7 Å². The molecule has 0 aliphatic rings. The number of aliphatic hydroxyl groups is 2. The molecular weight excluding hydrogens is 449 g/mol. The van der Waals surface area contributed by atoms with Gasteiger partial charge in [-0.25, -0.2) is 9.37 Å². The molecule has 182 valence electrons. The molecule has 1 atom stereocenters. The molecule has 3 aromatic carbocycles. The predicted molar refractivity (Wildman–Crippen MR) is 131 cm³/mol. The summed E-state index contributed by atoms with van der Waals surface area (Å²) in [7, 11) is 1.62. The minimum absolute atomic E-state index is 0.0501. The van der Waals surface area contributed by atoms with Crippen LogP contribution in [0.5, 0.6) is 5.75 Å². The molecule has 35 heavy (non-hydrogen) atoms. The summed E-state index contributed by atoms with van der Waals surface area (Å²) in [4.78, 5) is 17.3. The number of aliphatic hydroxyl groups excluding tert-OH is 2. The van der Waals surface area contributed by atoms with Gasteiger partial charge >= 0.3 is 0 Å². The number of methoxy groups -OCH3 is 1. The number of benzene rings is 3. The Hall–Kier alpha value is -3.75. The lowest BCUT2D eigenvalue weighted by atomic mass is 10.1. The van der Waals surface area contributed by atoms with E-state index in [1.165, 1.54) is 6.07 Å². The number of carbonyl (C=O) groups is 1. The van der Waals surface area contributed by atoms with Crippen molar-refractivity contribution in [2.75, 3.05) is 20.3 Å². The molecule has 1 aromatic heterocycles. The average molecular weight is 478 g/mol. The van der Waals surface area contributed by atoms with Crippen molar-refractivity contribution in [1.29, 1.82) is 0 Å². The van der Waals surface area contributed by atoms with E-state index < -0.39 is 12.7 Å². The maximum absolute atomic E-state index is 14.2. The largest absolute Gasteiger partial charge is 0.497 e. The van der Waals surface area contributed by atoms with Crippen LogP contribution in [-0.2, 0) is 19.4 Å². The number of hydrogen-bond donors (Lipinski definition) is 3. The van der Waals surface area contributed by atoms with Crippen molar-refractivity contribution < 1.29 is 24.1 Å². The van der Waals surface area contributed by atoms with Crippen LogP contribution in [-0.4, -0.2) is 52.0 Å².